The maximum atomic E-state index is 13.3. The zero-order chi connectivity index (χ0) is 28.7. The predicted molar refractivity (Wildman–Crippen MR) is 145 cm³/mol. The Morgan fingerprint density at radius 1 is 1.26 bits per heavy atom. The first kappa shape index (κ1) is 29.4. The molecule has 3 aliphatic heterocycles. The Morgan fingerprint density at radius 3 is 2.64 bits per heavy atom. The number of hydrogen-bond donors (Lipinski definition) is 3. The van der Waals surface area contributed by atoms with E-state index in [0.717, 1.165) is 11.1 Å². The van der Waals surface area contributed by atoms with Crippen molar-refractivity contribution >= 4 is 29.3 Å². The number of alkyl carbamates (subject to hydrolysis) is 1. The first-order chi connectivity index (χ1) is 18.3. The molecule has 2 unspecified atom stereocenters. The third-order valence-electron chi connectivity index (χ3n) is 7.98. The second kappa shape index (κ2) is 11.1. The average Bonchev–Trinajstić information content (AvgIpc) is 3.58. The Hall–Kier alpha value is -2.63. The van der Waals surface area contributed by atoms with Crippen molar-refractivity contribution in [3.8, 4) is 5.75 Å². The van der Waals surface area contributed by atoms with Crippen LogP contribution in [0.3, 0.4) is 0 Å². The van der Waals surface area contributed by atoms with Crippen LogP contribution in [-0.4, -0.2) is 79.2 Å². The number of amides is 2. The lowest BCUT2D eigenvalue weighted by Crippen LogP contribution is -2.63. The molecule has 1 aromatic rings. The minimum atomic E-state index is -1.73. The van der Waals surface area contributed by atoms with E-state index < -0.39 is 47.8 Å². The van der Waals surface area contributed by atoms with Crippen molar-refractivity contribution in [1.29, 1.82) is 0 Å². The van der Waals surface area contributed by atoms with Gasteiger partial charge >= 0.3 is 6.09 Å². The van der Waals surface area contributed by atoms with Crippen LogP contribution in [-0.2, 0) is 25.4 Å². The number of benzene rings is 1. The maximum Gasteiger partial charge on any atom is 0.409 e. The van der Waals surface area contributed by atoms with E-state index in [2.05, 4.69) is 5.32 Å². The van der Waals surface area contributed by atoms with Gasteiger partial charge in [-0.15, -0.1) is 0 Å². The number of carbonyl (C=O) groups is 2. The van der Waals surface area contributed by atoms with Gasteiger partial charge in [-0.05, 0) is 38.0 Å². The van der Waals surface area contributed by atoms with Gasteiger partial charge in [0.2, 0.25) is 5.91 Å². The largest absolute Gasteiger partial charge is 0.495 e. The third kappa shape index (κ3) is 5.81. The number of epoxide rings is 1. The maximum absolute atomic E-state index is 13.3. The van der Waals surface area contributed by atoms with Gasteiger partial charge in [-0.1, -0.05) is 42.3 Å². The number of halogens is 1. The predicted octanol–water partition coefficient (Wildman–Crippen LogP) is 3.12. The Kier molecular flexibility index (Phi) is 8.35. The summed E-state index contributed by atoms with van der Waals surface area (Å²) in [6.07, 6.45) is 1.63. The second-order valence-corrected chi connectivity index (χ2v) is 11.2. The van der Waals surface area contributed by atoms with Crippen molar-refractivity contribution in [2.24, 2.45) is 5.92 Å². The van der Waals surface area contributed by atoms with Crippen molar-refractivity contribution in [2.45, 2.75) is 75.8 Å². The number of anilines is 1. The third-order valence-corrected chi connectivity index (χ3v) is 8.36. The Bertz CT molecular complexity index is 1190. The molecule has 4 rings (SSSR count). The molecule has 39 heavy (non-hydrogen) atoms. The lowest BCUT2D eigenvalue weighted by atomic mass is 9.84. The zero-order valence-corrected chi connectivity index (χ0v) is 23.8. The molecule has 0 aliphatic carbocycles. The SMILES string of the molecule is COc1cc2cc(c1Cl)N(C)C(=O)CC(O)[C@]1(C)OC1[C@H](C)[C@@H]1C[C@@](O)(NC(=O)O1)[C@H](OC)/C=C/C=C(\C)C2. The van der Waals surface area contributed by atoms with Crippen LogP contribution in [0.5, 0.6) is 5.75 Å². The summed E-state index contributed by atoms with van der Waals surface area (Å²) >= 11 is 6.58. The van der Waals surface area contributed by atoms with E-state index in [-0.39, 0.29) is 23.8 Å². The minimum Gasteiger partial charge on any atom is -0.495 e. The van der Waals surface area contributed by atoms with Gasteiger partial charge in [-0.25, -0.2) is 4.79 Å². The highest BCUT2D eigenvalue weighted by Gasteiger charge is 2.62. The fourth-order valence-corrected chi connectivity index (χ4v) is 5.78. The van der Waals surface area contributed by atoms with Gasteiger partial charge in [0.1, 0.15) is 28.6 Å². The average molecular weight is 565 g/mol. The molecule has 1 aromatic carbocycles. The molecule has 11 heteroatoms. The number of aliphatic hydroxyl groups is 2. The standard InChI is InChI=1S/C28H37ClN2O8/c1-15-8-7-9-22(37-6)28(35)14-20(38-26(34)30-28)16(2)25-27(3,39-25)21(32)13-23(33)31(4)18-11-17(10-15)12-19(36-5)24(18)29/h7-9,11-12,16,20-22,25,32,35H,10,13-14H2,1-6H3,(H,30,34)/b9-7+,15-8+/t16-,20+,21?,22-,25?,27+,28+/m1/s1. The van der Waals surface area contributed by atoms with Crippen LogP contribution in [0.25, 0.3) is 0 Å². The number of allylic oxidation sites excluding steroid dienone is 3. The van der Waals surface area contributed by atoms with Gasteiger partial charge in [0.15, 0.2) is 5.72 Å². The number of nitrogens with one attached hydrogen (secondary N) is 1. The van der Waals surface area contributed by atoms with Gasteiger partial charge < -0.3 is 34.1 Å². The van der Waals surface area contributed by atoms with Crippen LogP contribution in [0.15, 0.2) is 35.9 Å². The van der Waals surface area contributed by atoms with E-state index in [1.54, 1.807) is 26.1 Å². The summed E-state index contributed by atoms with van der Waals surface area (Å²) in [5.74, 6) is -0.323. The van der Waals surface area contributed by atoms with Gasteiger partial charge in [0, 0.05) is 26.5 Å². The number of fused-ring (bicyclic) bond motifs is 5. The highest BCUT2D eigenvalue weighted by molar-refractivity contribution is 6.35. The quantitative estimate of drug-likeness (QED) is 0.467. The summed E-state index contributed by atoms with van der Waals surface area (Å²) in [6, 6.07) is 3.63. The molecule has 214 valence electrons. The molecule has 10 nitrogen and oxygen atoms in total. The normalized spacial score (nSPS) is 37.6. The summed E-state index contributed by atoms with van der Waals surface area (Å²) in [4.78, 5) is 27.1. The van der Waals surface area contributed by atoms with Gasteiger partial charge in [0.25, 0.3) is 0 Å². The number of ether oxygens (including phenoxy) is 4. The fourth-order valence-electron chi connectivity index (χ4n) is 5.46. The van der Waals surface area contributed by atoms with Crippen molar-refractivity contribution < 1.29 is 38.7 Å². The first-order valence-corrected chi connectivity index (χ1v) is 13.3. The van der Waals surface area contributed by atoms with Crippen LogP contribution < -0.4 is 15.0 Å². The summed E-state index contributed by atoms with van der Waals surface area (Å²) < 4.78 is 22.4. The van der Waals surface area contributed by atoms with Crippen molar-refractivity contribution in [3.05, 3.63) is 46.5 Å². The van der Waals surface area contributed by atoms with Crippen LogP contribution in [0.1, 0.15) is 39.2 Å². The number of methoxy groups -OCH3 is 2. The van der Waals surface area contributed by atoms with E-state index in [1.807, 2.05) is 32.1 Å². The summed E-state index contributed by atoms with van der Waals surface area (Å²) in [5, 5.41) is 25.3. The van der Waals surface area contributed by atoms with E-state index >= 15 is 0 Å². The number of hydrogen-bond acceptors (Lipinski definition) is 8. The van der Waals surface area contributed by atoms with E-state index in [0.29, 0.717) is 17.9 Å². The van der Waals surface area contributed by atoms with E-state index in [9.17, 15) is 19.8 Å². The zero-order valence-electron chi connectivity index (χ0n) is 23.1. The highest BCUT2D eigenvalue weighted by atomic mass is 35.5. The molecule has 3 aliphatic rings. The van der Waals surface area contributed by atoms with E-state index in [4.69, 9.17) is 30.5 Å². The lowest BCUT2D eigenvalue weighted by Gasteiger charge is -2.42. The molecule has 0 radical (unpaired) electrons. The molecule has 3 N–H and O–H groups in total. The van der Waals surface area contributed by atoms with Crippen molar-refractivity contribution in [2.75, 3.05) is 26.2 Å². The van der Waals surface area contributed by atoms with Crippen molar-refractivity contribution in [1.82, 2.24) is 5.32 Å². The van der Waals surface area contributed by atoms with Crippen LogP contribution in [0.4, 0.5) is 10.5 Å². The molecule has 2 saturated heterocycles. The summed E-state index contributed by atoms with van der Waals surface area (Å²) in [5.41, 5.74) is -0.479. The van der Waals surface area contributed by atoms with Crippen LogP contribution >= 0.6 is 11.6 Å². The molecule has 0 spiro atoms. The number of aliphatic hydroxyl groups excluding tert-OH is 1. The molecule has 0 aromatic heterocycles. The Balaban J connectivity index is 1.74. The Labute approximate surface area is 233 Å². The van der Waals surface area contributed by atoms with E-state index in [1.165, 1.54) is 19.1 Å². The molecule has 4 bridgehead atoms. The number of nitrogens with zero attached hydrogens (tertiary/aromatic N) is 1. The topological polar surface area (TPSA) is 130 Å². The molecule has 3 heterocycles. The van der Waals surface area contributed by atoms with Crippen LogP contribution in [0, 0.1) is 5.92 Å². The molecule has 2 amide bonds. The first-order valence-electron chi connectivity index (χ1n) is 12.9. The highest BCUT2D eigenvalue weighted by Crippen LogP contribution is 2.48. The number of carbonyl (C=O) groups excluding carboxylic acids is 2. The molecule has 2 fully saturated rings. The van der Waals surface area contributed by atoms with Crippen LogP contribution in [0.2, 0.25) is 5.02 Å². The molecular weight excluding hydrogens is 528 g/mol. The molecule has 7 atom stereocenters. The minimum absolute atomic E-state index is 0.0310. The van der Waals surface area contributed by atoms with Gasteiger partial charge in [-0.3, -0.25) is 10.1 Å². The molecular formula is C28H37ClN2O8. The number of rotatable bonds is 2. The lowest BCUT2D eigenvalue weighted by molar-refractivity contribution is -0.142. The summed E-state index contributed by atoms with van der Waals surface area (Å²) in [7, 11) is 4.56. The second-order valence-electron chi connectivity index (χ2n) is 10.8. The Morgan fingerprint density at radius 2 is 1.97 bits per heavy atom. The molecule has 0 saturated carbocycles. The summed E-state index contributed by atoms with van der Waals surface area (Å²) in [6.45, 7) is 5.48. The fraction of sp³-hybridized carbons (Fsp3) is 0.571. The van der Waals surface area contributed by atoms with Gasteiger partial charge in [0.05, 0.1) is 31.4 Å². The van der Waals surface area contributed by atoms with Crippen molar-refractivity contribution in [3.63, 3.8) is 0 Å². The monoisotopic (exact) mass is 564 g/mol. The van der Waals surface area contributed by atoms with Gasteiger partial charge in [-0.2, -0.15) is 0 Å². The smallest absolute Gasteiger partial charge is 0.409 e.